The molecule has 0 atom stereocenters. The fourth-order valence-electron chi connectivity index (χ4n) is 1.55. The molecule has 0 spiro atoms. The minimum Gasteiger partial charge on any atom is -0.322 e. The zero-order valence-electron chi connectivity index (χ0n) is 10.5. The van der Waals surface area contributed by atoms with Crippen LogP contribution in [0.2, 0.25) is 0 Å². The Kier molecular flexibility index (Phi) is 3.80. The van der Waals surface area contributed by atoms with Gasteiger partial charge in [0.1, 0.15) is 0 Å². The van der Waals surface area contributed by atoms with Gasteiger partial charge in [-0.05, 0) is 24.3 Å². The van der Waals surface area contributed by atoms with Crippen LogP contribution in [0, 0.1) is 5.95 Å². The molecule has 0 radical (unpaired) electrons. The van der Waals surface area contributed by atoms with Crippen LogP contribution < -0.4 is 5.32 Å². The van der Waals surface area contributed by atoms with Gasteiger partial charge in [-0.15, -0.1) is 0 Å². The number of hydrogen-bond donors (Lipinski definition) is 1. The summed E-state index contributed by atoms with van der Waals surface area (Å²) in [6.45, 7) is 0. The van der Waals surface area contributed by atoms with Gasteiger partial charge in [0.15, 0.2) is 9.84 Å². The highest BCUT2D eigenvalue weighted by atomic mass is 32.2. The summed E-state index contributed by atoms with van der Waals surface area (Å²) in [7, 11) is -3.35. The highest BCUT2D eigenvalue weighted by Crippen LogP contribution is 2.16. The van der Waals surface area contributed by atoms with Gasteiger partial charge in [0, 0.05) is 29.8 Å². The summed E-state index contributed by atoms with van der Waals surface area (Å²) < 4.78 is 35.7. The van der Waals surface area contributed by atoms with Gasteiger partial charge in [-0.3, -0.25) is 4.79 Å². The number of amides is 1. The maximum atomic E-state index is 12.9. The van der Waals surface area contributed by atoms with E-state index in [1.807, 2.05) is 0 Å². The van der Waals surface area contributed by atoms with Crippen LogP contribution in [-0.2, 0) is 9.84 Å². The van der Waals surface area contributed by atoms with E-state index < -0.39 is 21.7 Å². The molecule has 2 aromatic rings. The van der Waals surface area contributed by atoms with Crippen molar-refractivity contribution in [2.75, 3.05) is 11.6 Å². The number of carbonyl (C=O) groups is 1. The summed E-state index contributed by atoms with van der Waals surface area (Å²) in [4.78, 5) is 15.3. The Morgan fingerprint density at radius 1 is 1.25 bits per heavy atom. The second kappa shape index (κ2) is 5.38. The van der Waals surface area contributed by atoms with E-state index in [1.165, 1.54) is 30.5 Å². The molecule has 0 fully saturated rings. The van der Waals surface area contributed by atoms with Crippen molar-refractivity contribution >= 4 is 21.4 Å². The van der Waals surface area contributed by atoms with Crippen molar-refractivity contribution in [3.63, 3.8) is 0 Å². The molecule has 1 heterocycles. The Morgan fingerprint density at radius 2 is 2.00 bits per heavy atom. The maximum Gasteiger partial charge on any atom is 0.255 e. The zero-order valence-corrected chi connectivity index (χ0v) is 11.3. The molecule has 2 rings (SSSR count). The zero-order chi connectivity index (χ0) is 14.8. The SMILES string of the molecule is CS(=O)(=O)c1cccc(NC(=O)c2ccnc(F)c2)c1. The monoisotopic (exact) mass is 294 g/mol. The highest BCUT2D eigenvalue weighted by Gasteiger charge is 2.10. The Labute approximate surface area is 115 Å². The first kappa shape index (κ1) is 14.1. The molecule has 20 heavy (non-hydrogen) atoms. The molecule has 0 aliphatic heterocycles. The molecule has 0 unspecified atom stereocenters. The van der Waals surface area contributed by atoms with Gasteiger partial charge in [0.25, 0.3) is 5.91 Å². The van der Waals surface area contributed by atoms with Gasteiger partial charge in [-0.2, -0.15) is 4.39 Å². The number of carbonyl (C=O) groups excluding carboxylic acids is 1. The van der Waals surface area contributed by atoms with E-state index in [9.17, 15) is 17.6 Å². The van der Waals surface area contributed by atoms with Crippen molar-refractivity contribution in [1.29, 1.82) is 0 Å². The number of nitrogens with zero attached hydrogens (tertiary/aromatic N) is 1. The van der Waals surface area contributed by atoms with Gasteiger partial charge in [-0.25, -0.2) is 13.4 Å². The van der Waals surface area contributed by atoms with Crippen LogP contribution in [0.25, 0.3) is 0 Å². The van der Waals surface area contributed by atoms with Gasteiger partial charge >= 0.3 is 0 Å². The minimum atomic E-state index is -3.35. The molecular formula is C13H11FN2O3S. The lowest BCUT2D eigenvalue weighted by molar-refractivity contribution is 0.102. The second-order valence-corrected chi connectivity index (χ2v) is 6.14. The first-order valence-corrected chi connectivity index (χ1v) is 7.48. The van der Waals surface area contributed by atoms with E-state index in [4.69, 9.17) is 0 Å². The normalized spacial score (nSPS) is 11.1. The van der Waals surface area contributed by atoms with Crippen molar-refractivity contribution in [3.05, 3.63) is 54.1 Å². The smallest absolute Gasteiger partial charge is 0.255 e. The lowest BCUT2D eigenvalue weighted by atomic mass is 10.2. The molecule has 1 N–H and O–H groups in total. The molecule has 7 heteroatoms. The van der Waals surface area contributed by atoms with Crippen LogP contribution in [-0.4, -0.2) is 25.6 Å². The van der Waals surface area contributed by atoms with Gasteiger partial charge in [0.05, 0.1) is 4.90 Å². The van der Waals surface area contributed by atoms with Crippen molar-refractivity contribution in [2.24, 2.45) is 0 Å². The molecule has 0 aliphatic rings. The molecule has 104 valence electrons. The summed E-state index contributed by atoms with van der Waals surface area (Å²) in [6, 6.07) is 8.18. The van der Waals surface area contributed by atoms with Crippen LogP contribution in [0.1, 0.15) is 10.4 Å². The number of halogens is 1. The summed E-state index contributed by atoms with van der Waals surface area (Å²) in [6.07, 6.45) is 2.25. The largest absolute Gasteiger partial charge is 0.322 e. The number of sulfone groups is 1. The number of pyridine rings is 1. The van der Waals surface area contributed by atoms with Crippen LogP contribution in [0.4, 0.5) is 10.1 Å². The molecular weight excluding hydrogens is 283 g/mol. The molecule has 0 aliphatic carbocycles. The third-order valence-corrected chi connectivity index (χ3v) is 3.62. The van der Waals surface area contributed by atoms with Crippen LogP contribution in [0.3, 0.4) is 0 Å². The summed E-state index contributed by atoms with van der Waals surface area (Å²) >= 11 is 0. The molecule has 1 amide bonds. The predicted molar refractivity (Wildman–Crippen MR) is 71.7 cm³/mol. The van der Waals surface area contributed by atoms with E-state index in [0.29, 0.717) is 5.69 Å². The highest BCUT2D eigenvalue weighted by molar-refractivity contribution is 7.90. The number of aromatic nitrogens is 1. The predicted octanol–water partition coefficient (Wildman–Crippen LogP) is 1.88. The molecule has 0 saturated carbocycles. The number of hydrogen-bond acceptors (Lipinski definition) is 4. The third-order valence-electron chi connectivity index (χ3n) is 2.51. The summed E-state index contributed by atoms with van der Waals surface area (Å²) in [5.74, 6) is -1.31. The van der Waals surface area contributed by atoms with Crippen LogP contribution in [0.15, 0.2) is 47.5 Å². The number of anilines is 1. The Morgan fingerprint density at radius 3 is 2.65 bits per heavy atom. The number of benzene rings is 1. The third kappa shape index (κ3) is 3.39. The quantitative estimate of drug-likeness (QED) is 0.877. The van der Waals surface area contributed by atoms with E-state index in [0.717, 1.165) is 12.3 Å². The fourth-order valence-corrected chi connectivity index (χ4v) is 2.22. The Balaban J connectivity index is 2.25. The molecule has 1 aromatic heterocycles. The van der Waals surface area contributed by atoms with E-state index >= 15 is 0 Å². The first-order valence-electron chi connectivity index (χ1n) is 5.59. The number of nitrogens with one attached hydrogen (secondary N) is 1. The standard InChI is InChI=1S/C13H11FN2O3S/c1-20(18,19)11-4-2-3-10(8-11)16-13(17)9-5-6-15-12(14)7-9/h2-8H,1H3,(H,16,17). The average molecular weight is 294 g/mol. The minimum absolute atomic E-state index is 0.0937. The average Bonchev–Trinajstić information content (AvgIpc) is 2.38. The van der Waals surface area contributed by atoms with Crippen LogP contribution in [0.5, 0.6) is 0 Å². The first-order chi connectivity index (χ1) is 9.36. The van der Waals surface area contributed by atoms with Gasteiger partial charge in [-0.1, -0.05) is 6.07 Å². The van der Waals surface area contributed by atoms with Crippen molar-refractivity contribution in [3.8, 4) is 0 Å². The lowest BCUT2D eigenvalue weighted by Crippen LogP contribution is -2.12. The second-order valence-electron chi connectivity index (χ2n) is 4.12. The molecule has 0 saturated heterocycles. The van der Waals surface area contributed by atoms with E-state index in [-0.39, 0.29) is 10.5 Å². The lowest BCUT2D eigenvalue weighted by Gasteiger charge is -2.06. The van der Waals surface area contributed by atoms with Crippen molar-refractivity contribution in [1.82, 2.24) is 4.98 Å². The molecule has 1 aromatic carbocycles. The molecule has 0 bridgehead atoms. The summed E-state index contributed by atoms with van der Waals surface area (Å²) in [5.41, 5.74) is 0.414. The fraction of sp³-hybridized carbons (Fsp3) is 0.0769. The Hall–Kier alpha value is -2.28. The van der Waals surface area contributed by atoms with E-state index in [1.54, 1.807) is 6.07 Å². The van der Waals surface area contributed by atoms with Gasteiger partial charge < -0.3 is 5.32 Å². The topological polar surface area (TPSA) is 76.1 Å². The van der Waals surface area contributed by atoms with Crippen molar-refractivity contribution in [2.45, 2.75) is 4.90 Å². The van der Waals surface area contributed by atoms with Gasteiger partial charge in [0.2, 0.25) is 5.95 Å². The van der Waals surface area contributed by atoms with Crippen molar-refractivity contribution < 1.29 is 17.6 Å². The molecule has 5 nitrogen and oxygen atoms in total. The van der Waals surface area contributed by atoms with E-state index in [2.05, 4.69) is 10.3 Å². The maximum absolute atomic E-state index is 12.9. The van der Waals surface area contributed by atoms with Crippen LogP contribution >= 0.6 is 0 Å². The Bertz CT molecular complexity index is 760. The number of rotatable bonds is 3. The summed E-state index contributed by atoms with van der Waals surface area (Å²) in [5, 5.41) is 2.50.